The van der Waals surface area contributed by atoms with E-state index >= 15 is 0 Å². The third-order valence-corrected chi connectivity index (χ3v) is 4.07. The van der Waals surface area contributed by atoms with Gasteiger partial charge >= 0.3 is 0 Å². The molecule has 1 aromatic heterocycles. The SMILES string of the molecule is Cc1ccc(C(N)=O)cc1-c1ccc2c(C(C)C)nncc2c1. The van der Waals surface area contributed by atoms with Gasteiger partial charge < -0.3 is 5.73 Å². The van der Waals surface area contributed by atoms with Crippen LogP contribution in [0.3, 0.4) is 0 Å². The topological polar surface area (TPSA) is 68.9 Å². The Morgan fingerprint density at radius 3 is 2.61 bits per heavy atom. The van der Waals surface area contributed by atoms with Crippen LogP contribution in [0.4, 0.5) is 0 Å². The molecule has 0 unspecified atom stereocenters. The lowest BCUT2D eigenvalue weighted by Gasteiger charge is -2.11. The Morgan fingerprint density at radius 2 is 1.91 bits per heavy atom. The molecule has 2 aromatic carbocycles. The van der Waals surface area contributed by atoms with E-state index in [1.807, 2.05) is 19.1 Å². The number of aromatic nitrogens is 2. The molecule has 0 atom stereocenters. The molecule has 3 rings (SSSR count). The third-order valence-electron chi connectivity index (χ3n) is 4.07. The zero-order chi connectivity index (χ0) is 16.6. The molecule has 1 heterocycles. The molecule has 1 amide bonds. The van der Waals surface area contributed by atoms with Gasteiger partial charge in [0.05, 0.1) is 11.9 Å². The van der Waals surface area contributed by atoms with Crippen LogP contribution in [0.5, 0.6) is 0 Å². The van der Waals surface area contributed by atoms with Gasteiger partial charge in [0.1, 0.15) is 0 Å². The maximum absolute atomic E-state index is 11.4. The molecule has 0 saturated carbocycles. The summed E-state index contributed by atoms with van der Waals surface area (Å²) in [4.78, 5) is 11.4. The minimum atomic E-state index is -0.417. The summed E-state index contributed by atoms with van der Waals surface area (Å²) in [6, 6.07) is 11.7. The second-order valence-electron chi connectivity index (χ2n) is 6.08. The Kier molecular flexibility index (Phi) is 3.82. The lowest BCUT2D eigenvalue weighted by molar-refractivity contribution is 0.100. The predicted octanol–water partition coefficient (Wildman–Crippen LogP) is 3.83. The summed E-state index contributed by atoms with van der Waals surface area (Å²) in [6.45, 7) is 6.24. The van der Waals surface area contributed by atoms with Gasteiger partial charge in [0.2, 0.25) is 5.91 Å². The summed E-state index contributed by atoms with van der Waals surface area (Å²) >= 11 is 0. The molecule has 0 spiro atoms. The van der Waals surface area contributed by atoms with Crippen molar-refractivity contribution in [2.45, 2.75) is 26.7 Å². The van der Waals surface area contributed by atoms with Crippen LogP contribution in [0, 0.1) is 6.92 Å². The highest BCUT2D eigenvalue weighted by molar-refractivity contribution is 5.95. The van der Waals surface area contributed by atoms with E-state index in [0.29, 0.717) is 11.5 Å². The molecule has 0 saturated heterocycles. The molecule has 23 heavy (non-hydrogen) atoms. The first-order valence-corrected chi connectivity index (χ1v) is 7.63. The number of carbonyl (C=O) groups is 1. The highest BCUT2D eigenvalue weighted by Crippen LogP contribution is 2.30. The van der Waals surface area contributed by atoms with E-state index in [4.69, 9.17) is 5.73 Å². The van der Waals surface area contributed by atoms with E-state index in [9.17, 15) is 4.79 Å². The molecule has 0 aliphatic heterocycles. The van der Waals surface area contributed by atoms with Crippen LogP contribution in [0.1, 0.15) is 41.4 Å². The third kappa shape index (κ3) is 2.80. The first-order valence-electron chi connectivity index (χ1n) is 7.63. The van der Waals surface area contributed by atoms with Crippen LogP contribution in [0.25, 0.3) is 21.9 Å². The molecule has 0 fully saturated rings. The van der Waals surface area contributed by atoms with E-state index in [1.165, 1.54) is 0 Å². The number of nitrogens with zero attached hydrogens (tertiary/aromatic N) is 2. The summed E-state index contributed by atoms with van der Waals surface area (Å²) in [7, 11) is 0. The summed E-state index contributed by atoms with van der Waals surface area (Å²) in [5.41, 5.74) is 10.1. The average Bonchev–Trinajstić information content (AvgIpc) is 2.53. The van der Waals surface area contributed by atoms with Crippen LogP contribution < -0.4 is 5.73 Å². The lowest BCUT2D eigenvalue weighted by atomic mass is 9.95. The summed E-state index contributed by atoms with van der Waals surface area (Å²) in [5.74, 6) is -0.100. The van der Waals surface area contributed by atoms with Crippen LogP contribution >= 0.6 is 0 Å². The smallest absolute Gasteiger partial charge is 0.248 e. The van der Waals surface area contributed by atoms with Crippen molar-refractivity contribution in [3.05, 3.63) is 59.4 Å². The largest absolute Gasteiger partial charge is 0.366 e. The first kappa shape index (κ1) is 15.2. The molecule has 2 N–H and O–H groups in total. The van der Waals surface area contributed by atoms with Crippen molar-refractivity contribution in [3.63, 3.8) is 0 Å². The van der Waals surface area contributed by atoms with Crippen molar-refractivity contribution < 1.29 is 4.79 Å². The summed E-state index contributed by atoms with van der Waals surface area (Å²) in [5, 5.41) is 10.5. The number of nitrogens with two attached hydrogens (primary N) is 1. The van der Waals surface area contributed by atoms with E-state index in [2.05, 4.69) is 42.2 Å². The first-order chi connectivity index (χ1) is 11.0. The molecule has 116 valence electrons. The maximum Gasteiger partial charge on any atom is 0.248 e. The fourth-order valence-corrected chi connectivity index (χ4v) is 2.79. The second kappa shape index (κ2) is 5.80. The Hall–Kier alpha value is -2.75. The number of primary amides is 1. The Labute approximate surface area is 135 Å². The monoisotopic (exact) mass is 305 g/mol. The normalized spacial score (nSPS) is 11.1. The number of carbonyl (C=O) groups excluding carboxylic acids is 1. The fraction of sp³-hybridized carbons (Fsp3) is 0.211. The quantitative estimate of drug-likeness (QED) is 0.799. The summed E-state index contributed by atoms with van der Waals surface area (Å²) < 4.78 is 0. The number of hydrogen-bond donors (Lipinski definition) is 1. The highest BCUT2D eigenvalue weighted by atomic mass is 16.1. The minimum absolute atomic E-state index is 0.317. The lowest BCUT2D eigenvalue weighted by Crippen LogP contribution is -2.10. The molecular weight excluding hydrogens is 286 g/mol. The molecule has 0 aliphatic rings. The van der Waals surface area contributed by atoms with Gasteiger partial charge in [0.25, 0.3) is 0 Å². The number of amides is 1. The number of benzene rings is 2. The van der Waals surface area contributed by atoms with Crippen molar-refractivity contribution in [1.82, 2.24) is 10.2 Å². The predicted molar refractivity (Wildman–Crippen MR) is 92.3 cm³/mol. The molecule has 4 nitrogen and oxygen atoms in total. The molecule has 4 heteroatoms. The van der Waals surface area contributed by atoms with Crippen molar-refractivity contribution >= 4 is 16.7 Å². The van der Waals surface area contributed by atoms with Gasteiger partial charge in [-0.1, -0.05) is 32.0 Å². The Balaban J connectivity index is 2.18. The molecular formula is C19H19N3O. The van der Waals surface area contributed by atoms with Crippen LogP contribution in [-0.2, 0) is 0 Å². The van der Waals surface area contributed by atoms with Gasteiger partial charge in [-0.2, -0.15) is 10.2 Å². The van der Waals surface area contributed by atoms with Gasteiger partial charge in [-0.25, -0.2) is 0 Å². The van der Waals surface area contributed by atoms with Gasteiger partial charge in [-0.3, -0.25) is 4.79 Å². The minimum Gasteiger partial charge on any atom is -0.366 e. The summed E-state index contributed by atoms with van der Waals surface area (Å²) in [6.07, 6.45) is 1.78. The van der Waals surface area contributed by atoms with Gasteiger partial charge in [0, 0.05) is 16.3 Å². The zero-order valence-corrected chi connectivity index (χ0v) is 13.5. The van der Waals surface area contributed by atoms with E-state index in [0.717, 1.165) is 33.2 Å². The number of hydrogen-bond acceptors (Lipinski definition) is 3. The fourth-order valence-electron chi connectivity index (χ4n) is 2.79. The van der Waals surface area contributed by atoms with E-state index in [-0.39, 0.29) is 0 Å². The number of rotatable bonds is 3. The van der Waals surface area contributed by atoms with Crippen molar-refractivity contribution in [1.29, 1.82) is 0 Å². The van der Waals surface area contributed by atoms with Crippen molar-refractivity contribution in [2.24, 2.45) is 5.73 Å². The number of fused-ring (bicyclic) bond motifs is 1. The van der Waals surface area contributed by atoms with Gasteiger partial charge in [0.15, 0.2) is 0 Å². The maximum atomic E-state index is 11.4. The average molecular weight is 305 g/mol. The molecule has 3 aromatic rings. The molecule has 0 radical (unpaired) electrons. The Morgan fingerprint density at radius 1 is 1.13 bits per heavy atom. The molecule has 0 aliphatic carbocycles. The van der Waals surface area contributed by atoms with Crippen molar-refractivity contribution in [3.8, 4) is 11.1 Å². The van der Waals surface area contributed by atoms with Gasteiger partial charge in [-0.05, 0) is 47.7 Å². The highest BCUT2D eigenvalue weighted by Gasteiger charge is 2.11. The van der Waals surface area contributed by atoms with E-state index in [1.54, 1.807) is 12.3 Å². The number of aryl methyl sites for hydroxylation is 1. The Bertz CT molecular complexity index is 900. The van der Waals surface area contributed by atoms with Crippen LogP contribution in [0.15, 0.2) is 42.6 Å². The van der Waals surface area contributed by atoms with Crippen LogP contribution in [-0.4, -0.2) is 16.1 Å². The van der Waals surface area contributed by atoms with Gasteiger partial charge in [-0.15, -0.1) is 0 Å². The van der Waals surface area contributed by atoms with Crippen molar-refractivity contribution in [2.75, 3.05) is 0 Å². The standard InChI is InChI=1S/C19H19N3O/c1-11(2)18-16-7-6-13(8-15(16)10-21-22-18)17-9-14(19(20)23)5-4-12(17)3/h4-11H,1-3H3,(H2,20,23). The zero-order valence-electron chi connectivity index (χ0n) is 13.5. The molecule has 0 bridgehead atoms. The second-order valence-corrected chi connectivity index (χ2v) is 6.08. The van der Waals surface area contributed by atoms with E-state index < -0.39 is 5.91 Å². The van der Waals surface area contributed by atoms with Crippen LogP contribution in [0.2, 0.25) is 0 Å².